The van der Waals surface area contributed by atoms with Gasteiger partial charge in [-0.05, 0) is 78.9 Å². The Balaban J connectivity index is 1.54. The normalized spacial score (nSPS) is 13.5. The van der Waals surface area contributed by atoms with Crippen LogP contribution in [0.2, 0.25) is 0 Å². The number of aromatic nitrogens is 1. The number of benzene rings is 3. The number of rotatable bonds is 6. The number of nitrogens with zero attached hydrogens (tertiary/aromatic N) is 4. The van der Waals surface area contributed by atoms with Gasteiger partial charge in [-0.3, -0.25) is 0 Å². The fourth-order valence-electron chi connectivity index (χ4n) is 4.87. The number of hydrogen-bond donors (Lipinski definition) is 0. The summed E-state index contributed by atoms with van der Waals surface area (Å²) in [5.74, 6) is 0. The van der Waals surface area contributed by atoms with Crippen LogP contribution >= 0.6 is 0 Å². The van der Waals surface area contributed by atoms with Crippen LogP contribution in [0.25, 0.3) is 33.6 Å². The molecular formula is C32H36N4. The van der Waals surface area contributed by atoms with Crippen LogP contribution in [0.3, 0.4) is 0 Å². The Morgan fingerprint density at radius 1 is 0.528 bits per heavy atom. The van der Waals surface area contributed by atoms with Crippen molar-refractivity contribution in [2.45, 2.75) is 19.3 Å². The van der Waals surface area contributed by atoms with Gasteiger partial charge in [0.05, 0.1) is 11.4 Å². The van der Waals surface area contributed by atoms with Gasteiger partial charge < -0.3 is 14.7 Å². The van der Waals surface area contributed by atoms with Crippen LogP contribution in [0, 0.1) is 0 Å². The first-order chi connectivity index (χ1) is 17.5. The summed E-state index contributed by atoms with van der Waals surface area (Å²) in [5.41, 5.74) is 10.3. The molecule has 184 valence electrons. The molecule has 0 radical (unpaired) electrons. The average Bonchev–Trinajstić information content (AvgIpc) is 2.93. The highest BCUT2D eigenvalue weighted by molar-refractivity contribution is 5.78. The van der Waals surface area contributed by atoms with E-state index in [1.807, 2.05) is 0 Å². The molecule has 2 heterocycles. The number of hydrogen-bond acceptors (Lipinski definition) is 4. The van der Waals surface area contributed by atoms with Crippen LogP contribution in [-0.4, -0.2) is 46.3 Å². The Morgan fingerprint density at radius 2 is 0.972 bits per heavy atom. The van der Waals surface area contributed by atoms with Crippen LogP contribution in [-0.2, 0) is 0 Å². The first kappa shape index (κ1) is 23.9. The standard InChI is InChI=1S/C32H36N4/c1-34(2)28-14-10-25(11-15-28)31-22-27(23-32(33-31)26-12-16-29(17-13-26)35(3)4)24-8-18-30(19-9-24)36-20-6-5-7-21-36/h8-19,22-23H,5-7,20-21H2,1-4H3. The smallest absolute Gasteiger partial charge is 0.0715 e. The van der Waals surface area contributed by atoms with Gasteiger partial charge in [-0.15, -0.1) is 0 Å². The summed E-state index contributed by atoms with van der Waals surface area (Å²) in [4.78, 5) is 11.9. The van der Waals surface area contributed by atoms with E-state index in [4.69, 9.17) is 4.98 Å². The molecule has 5 rings (SSSR count). The van der Waals surface area contributed by atoms with Crippen molar-refractivity contribution in [3.05, 3.63) is 84.9 Å². The lowest BCUT2D eigenvalue weighted by Crippen LogP contribution is -2.29. The maximum Gasteiger partial charge on any atom is 0.0715 e. The number of anilines is 3. The zero-order chi connectivity index (χ0) is 25.1. The first-order valence-electron chi connectivity index (χ1n) is 12.9. The second kappa shape index (κ2) is 10.4. The van der Waals surface area contributed by atoms with Gasteiger partial charge in [-0.2, -0.15) is 0 Å². The zero-order valence-electron chi connectivity index (χ0n) is 21.9. The van der Waals surface area contributed by atoms with E-state index < -0.39 is 0 Å². The van der Waals surface area contributed by atoms with Crippen molar-refractivity contribution in [2.24, 2.45) is 0 Å². The summed E-state index contributed by atoms with van der Waals surface area (Å²) in [7, 11) is 8.27. The van der Waals surface area contributed by atoms with E-state index in [1.165, 1.54) is 47.5 Å². The van der Waals surface area contributed by atoms with Crippen LogP contribution in [0.1, 0.15) is 19.3 Å². The number of piperidine rings is 1. The van der Waals surface area contributed by atoms with E-state index in [-0.39, 0.29) is 0 Å². The van der Waals surface area contributed by atoms with Crippen molar-refractivity contribution in [1.82, 2.24) is 4.98 Å². The molecule has 3 aromatic carbocycles. The van der Waals surface area contributed by atoms with Crippen molar-refractivity contribution in [2.75, 3.05) is 56.0 Å². The molecule has 0 amide bonds. The minimum absolute atomic E-state index is 0.990. The maximum absolute atomic E-state index is 5.10. The molecule has 0 bridgehead atoms. The second-order valence-electron chi connectivity index (χ2n) is 10.1. The highest BCUT2D eigenvalue weighted by Crippen LogP contribution is 2.33. The largest absolute Gasteiger partial charge is 0.378 e. The van der Waals surface area contributed by atoms with Crippen LogP contribution in [0.4, 0.5) is 17.1 Å². The van der Waals surface area contributed by atoms with E-state index in [1.54, 1.807) is 0 Å². The molecule has 4 aromatic rings. The predicted molar refractivity (Wildman–Crippen MR) is 155 cm³/mol. The van der Waals surface area contributed by atoms with Gasteiger partial charge in [-0.25, -0.2) is 4.98 Å². The Bertz CT molecular complexity index is 1210. The Labute approximate surface area is 215 Å². The third kappa shape index (κ3) is 5.23. The molecule has 1 aliphatic rings. The number of pyridine rings is 1. The molecule has 0 atom stereocenters. The van der Waals surface area contributed by atoms with Crippen LogP contribution in [0.15, 0.2) is 84.9 Å². The first-order valence-corrected chi connectivity index (χ1v) is 12.9. The Kier molecular flexibility index (Phi) is 6.95. The molecule has 1 aliphatic heterocycles. The Hall–Kier alpha value is -3.79. The highest BCUT2D eigenvalue weighted by atomic mass is 15.1. The SMILES string of the molecule is CN(C)c1ccc(-c2cc(-c3ccc(N4CCCCC4)cc3)cc(-c3ccc(N(C)C)cc3)n2)cc1. The molecule has 0 N–H and O–H groups in total. The molecule has 4 heteroatoms. The summed E-state index contributed by atoms with van der Waals surface area (Å²) in [5, 5.41) is 0. The summed E-state index contributed by atoms with van der Waals surface area (Å²) in [6.45, 7) is 2.32. The monoisotopic (exact) mass is 476 g/mol. The lowest BCUT2D eigenvalue weighted by molar-refractivity contribution is 0.578. The van der Waals surface area contributed by atoms with E-state index in [2.05, 4.69) is 128 Å². The third-order valence-corrected chi connectivity index (χ3v) is 7.11. The zero-order valence-corrected chi connectivity index (χ0v) is 21.9. The van der Waals surface area contributed by atoms with Gasteiger partial charge >= 0.3 is 0 Å². The lowest BCUT2D eigenvalue weighted by atomic mass is 9.99. The average molecular weight is 477 g/mol. The van der Waals surface area contributed by atoms with E-state index in [0.717, 1.165) is 35.6 Å². The van der Waals surface area contributed by atoms with E-state index >= 15 is 0 Å². The molecule has 4 nitrogen and oxygen atoms in total. The van der Waals surface area contributed by atoms with Gasteiger partial charge in [0.25, 0.3) is 0 Å². The fraction of sp³-hybridized carbons (Fsp3) is 0.281. The Morgan fingerprint density at radius 3 is 1.42 bits per heavy atom. The van der Waals surface area contributed by atoms with Crippen molar-refractivity contribution >= 4 is 17.1 Å². The highest BCUT2D eigenvalue weighted by Gasteiger charge is 2.13. The third-order valence-electron chi connectivity index (χ3n) is 7.11. The molecule has 36 heavy (non-hydrogen) atoms. The topological polar surface area (TPSA) is 22.6 Å². The summed E-state index contributed by atoms with van der Waals surface area (Å²) >= 11 is 0. The molecule has 0 spiro atoms. The second-order valence-corrected chi connectivity index (χ2v) is 10.1. The van der Waals surface area contributed by atoms with Crippen LogP contribution in [0.5, 0.6) is 0 Å². The summed E-state index contributed by atoms with van der Waals surface area (Å²) < 4.78 is 0. The van der Waals surface area contributed by atoms with Gasteiger partial charge in [-0.1, -0.05) is 36.4 Å². The van der Waals surface area contributed by atoms with Crippen molar-refractivity contribution in [3.8, 4) is 33.6 Å². The molecular weight excluding hydrogens is 440 g/mol. The van der Waals surface area contributed by atoms with Crippen molar-refractivity contribution < 1.29 is 0 Å². The van der Waals surface area contributed by atoms with Gasteiger partial charge in [0, 0.05) is 69.5 Å². The van der Waals surface area contributed by atoms with Gasteiger partial charge in [0.2, 0.25) is 0 Å². The lowest BCUT2D eigenvalue weighted by Gasteiger charge is -2.28. The van der Waals surface area contributed by atoms with Crippen molar-refractivity contribution in [3.63, 3.8) is 0 Å². The molecule has 1 fully saturated rings. The minimum atomic E-state index is 0.990. The molecule has 0 aliphatic carbocycles. The summed E-state index contributed by atoms with van der Waals surface area (Å²) in [6.07, 6.45) is 3.93. The van der Waals surface area contributed by atoms with E-state index in [9.17, 15) is 0 Å². The van der Waals surface area contributed by atoms with Gasteiger partial charge in [0.15, 0.2) is 0 Å². The molecule has 0 unspecified atom stereocenters. The van der Waals surface area contributed by atoms with Crippen LogP contribution < -0.4 is 14.7 Å². The quantitative estimate of drug-likeness (QED) is 0.293. The maximum atomic E-state index is 5.10. The molecule has 1 aromatic heterocycles. The summed E-state index contributed by atoms with van der Waals surface area (Å²) in [6, 6.07) is 30.8. The molecule has 0 saturated carbocycles. The minimum Gasteiger partial charge on any atom is -0.378 e. The van der Waals surface area contributed by atoms with E-state index in [0.29, 0.717) is 0 Å². The van der Waals surface area contributed by atoms with Gasteiger partial charge in [0.1, 0.15) is 0 Å². The molecule has 1 saturated heterocycles. The predicted octanol–water partition coefficient (Wildman–Crippen LogP) is 7.20. The fourth-order valence-corrected chi connectivity index (χ4v) is 4.87. The van der Waals surface area contributed by atoms with Crippen molar-refractivity contribution in [1.29, 1.82) is 0 Å².